The molecule has 1 saturated heterocycles. The predicted molar refractivity (Wildman–Crippen MR) is 67.2 cm³/mol. The highest BCUT2D eigenvalue weighted by atomic mass is 16.4. The zero-order valence-corrected chi connectivity index (χ0v) is 10.4. The lowest BCUT2D eigenvalue weighted by atomic mass is 9.99. The van der Waals surface area contributed by atoms with Gasteiger partial charge in [0.15, 0.2) is 0 Å². The van der Waals surface area contributed by atoms with Crippen LogP contribution in [-0.4, -0.2) is 34.5 Å². The molecular formula is C14H17NO3. The van der Waals surface area contributed by atoms with Crippen molar-refractivity contribution in [2.24, 2.45) is 0 Å². The Morgan fingerprint density at radius 1 is 1.33 bits per heavy atom. The van der Waals surface area contributed by atoms with Crippen LogP contribution in [0, 0.1) is 0 Å². The van der Waals surface area contributed by atoms with E-state index < -0.39 is 12.0 Å². The third kappa shape index (κ3) is 2.37. The van der Waals surface area contributed by atoms with Gasteiger partial charge in [0.05, 0.1) is 5.92 Å². The molecule has 96 valence electrons. The lowest BCUT2D eigenvalue weighted by Gasteiger charge is -2.25. The molecule has 1 N–H and O–H groups in total. The fourth-order valence-corrected chi connectivity index (χ4v) is 2.42. The van der Waals surface area contributed by atoms with E-state index in [1.807, 2.05) is 37.3 Å². The van der Waals surface area contributed by atoms with E-state index >= 15 is 0 Å². The number of nitrogens with zero attached hydrogens (tertiary/aromatic N) is 1. The van der Waals surface area contributed by atoms with E-state index in [0.29, 0.717) is 13.0 Å². The largest absolute Gasteiger partial charge is 0.480 e. The minimum Gasteiger partial charge on any atom is -0.480 e. The maximum Gasteiger partial charge on any atom is 0.326 e. The van der Waals surface area contributed by atoms with Crippen molar-refractivity contribution >= 4 is 11.9 Å². The molecule has 2 rings (SSSR count). The standard InChI is InChI=1S/C14H17NO3/c1-10(11-6-3-2-4-7-11)13(16)15-9-5-8-12(15)14(17)18/h2-4,6-7,10,12H,5,8-9H2,1H3,(H,17,18)/t10-,12-/m1/s1. The lowest BCUT2D eigenvalue weighted by Crippen LogP contribution is -2.42. The monoisotopic (exact) mass is 247 g/mol. The zero-order valence-electron chi connectivity index (χ0n) is 10.4. The lowest BCUT2D eigenvalue weighted by molar-refractivity contribution is -0.148. The number of carboxylic acid groups (broad SMARTS) is 1. The van der Waals surface area contributed by atoms with Gasteiger partial charge in [-0.15, -0.1) is 0 Å². The second-order valence-corrected chi connectivity index (χ2v) is 4.66. The molecule has 18 heavy (non-hydrogen) atoms. The zero-order chi connectivity index (χ0) is 13.1. The summed E-state index contributed by atoms with van der Waals surface area (Å²) in [6.07, 6.45) is 1.33. The van der Waals surface area contributed by atoms with E-state index in [-0.39, 0.29) is 11.8 Å². The van der Waals surface area contributed by atoms with Gasteiger partial charge in [-0.05, 0) is 25.3 Å². The van der Waals surface area contributed by atoms with E-state index in [1.165, 1.54) is 4.90 Å². The third-order valence-electron chi connectivity index (χ3n) is 3.49. The SMILES string of the molecule is C[C@@H](C(=O)N1CCC[C@@H]1C(=O)O)c1ccccc1. The molecule has 2 atom stereocenters. The van der Waals surface area contributed by atoms with E-state index in [9.17, 15) is 9.59 Å². The Bertz CT molecular complexity index is 444. The van der Waals surface area contributed by atoms with Crippen LogP contribution in [0.1, 0.15) is 31.2 Å². The molecule has 0 aromatic heterocycles. The first-order valence-electron chi connectivity index (χ1n) is 6.19. The molecule has 1 aliphatic heterocycles. The Kier molecular flexibility index (Phi) is 3.65. The van der Waals surface area contributed by atoms with E-state index in [1.54, 1.807) is 0 Å². The summed E-state index contributed by atoms with van der Waals surface area (Å²) in [5.74, 6) is -1.28. The molecule has 0 saturated carbocycles. The molecule has 1 amide bonds. The molecule has 1 fully saturated rings. The number of rotatable bonds is 3. The first-order chi connectivity index (χ1) is 8.61. The molecule has 0 unspecified atom stereocenters. The van der Waals surface area contributed by atoms with Gasteiger partial charge >= 0.3 is 5.97 Å². The molecule has 1 heterocycles. The van der Waals surface area contributed by atoms with Crippen LogP contribution < -0.4 is 0 Å². The van der Waals surface area contributed by atoms with Crippen LogP contribution in [0.25, 0.3) is 0 Å². The molecule has 1 aromatic rings. The van der Waals surface area contributed by atoms with Gasteiger partial charge in [-0.1, -0.05) is 30.3 Å². The van der Waals surface area contributed by atoms with Crippen molar-refractivity contribution in [1.29, 1.82) is 0 Å². The van der Waals surface area contributed by atoms with Crippen LogP contribution in [0.2, 0.25) is 0 Å². The summed E-state index contributed by atoms with van der Waals surface area (Å²) >= 11 is 0. The average Bonchev–Trinajstić information content (AvgIpc) is 2.87. The molecule has 1 aromatic carbocycles. The predicted octanol–water partition coefficient (Wildman–Crippen LogP) is 1.87. The molecule has 0 bridgehead atoms. The summed E-state index contributed by atoms with van der Waals surface area (Å²) in [6, 6.07) is 8.82. The minimum absolute atomic E-state index is 0.0916. The number of hydrogen-bond donors (Lipinski definition) is 1. The molecule has 0 aliphatic carbocycles. The Morgan fingerprint density at radius 2 is 2.00 bits per heavy atom. The van der Waals surface area contributed by atoms with Crippen molar-refractivity contribution in [3.63, 3.8) is 0 Å². The smallest absolute Gasteiger partial charge is 0.326 e. The van der Waals surface area contributed by atoms with Gasteiger partial charge in [0.25, 0.3) is 0 Å². The normalized spacial score (nSPS) is 20.7. The summed E-state index contributed by atoms with van der Waals surface area (Å²) < 4.78 is 0. The van der Waals surface area contributed by atoms with E-state index in [4.69, 9.17) is 5.11 Å². The second kappa shape index (κ2) is 5.21. The van der Waals surface area contributed by atoms with Gasteiger partial charge in [0.1, 0.15) is 6.04 Å². The van der Waals surface area contributed by atoms with Crippen molar-refractivity contribution in [3.8, 4) is 0 Å². The summed E-state index contributed by atoms with van der Waals surface area (Å²) in [7, 11) is 0. The van der Waals surface area contributed by atoms with Crippen molar-refractivity contribution in [2.75, 3.05) is 6.54 Å². The number of aliphatic carboxylic acids is 1. The van der Waals surface area contributed by atoms with Gasteiger partial charge in [-0.25, -0.2) is 4.79 Å². The van der Waals surface area contributed by atoms with E-state index in [0.717, 1.165) is 12.0 Å². The van der Waals surface area contributed by atoms with Gasteiger partial charge in [-0.2, -0.15) is 0 Å². The Labute approximate surface area is 106 Å². The summed E-state index contributed by atoms with van der Waals surface area (Å²) in [6.45, 7) is 2.38. The molecule has 1 aliphatic rings. The van der Waals surface area contributed by atoms with Crippen LogP contribution in [0.15, 0.2) is 30.3 Å². The topological polar surface area (TPSA) is 57.6 Å². The van der Waals surface area contributed by atoms with Gasteiger partial charge in [-0.3, -0.25) is 4.79 Å². The van der Waals surface area contributed by atoms with Crippen LogP contribution in [0.3, 0.4) is 0 Å². The molecule has 0 spiro atoms. The Morgan fingerprint density at radius 3 is 2.61 bits per heavy atom. The molecule has 4 heteroatoms. The Hall–Kier alpha value is -1.84. The Balaban J connectivity index is 2.14. The maximum atomic E-state index is 12.3. The summed E-state index contributed by atoms with van der Waals surface area (Å²) in [4.78, 5) is 24.9. The number of benzene rings is 1. The first-order valence-corrected chi connectivity index (χ1v) is 6.19. The van der Waals surface area contributed by atoms with Crippen molar-refractivity contribution < 1.29 is 14.7 Å². The quantitative estimate of drug-likeness (QED) is 0.887. The molecule has 4 nitrogen and oxygen atoms in total. The summed E-state index contributed by atoms with van der Waals surface area (Å²) in [5.41, 5.74) is 0.929. The fraction of sp³-hybridized carbons (Fsp3) is 0.429. The number of carbonyl (C=O) groups is 2. The van der Waals surface area contributed by atoms with Crippen molar-refractivity contribution in [2.45, 2.75) is 31.7 Å². The third-order valence-corrected chi connectivity index (χ3v) is 3.49. The van der Waals surface area contributed by atoms with Crippen LogP contribution in [0.5, 0.6) is 0 Å². The highest BCUT2D eigenvalue weighted by Gasteiger charge is 2.35. The number of likely N-dealkylation sites (tertiary alicyclic amines) is 1. The number of hydrogen-bond acceptors (Lipinski definition) is 2. The van der Waals surface area contributed by atoms with Crippen LogP contribution in [-0.2, 0) is 9.59 Å². The highest BCUT2D eigenvalue weighted by Crippen LogP contribution is 2.24. The maximum absolute atomic E-state index is 12.3. The summed E-state index contributed by atoms with van der Waals surface area (Å²) in [5, 5.41) is 9.09. The van der Waals surface area contributed by atoms with Gasteiger partial charge in [0, 0.05) is 6.54 Å². The number of carbonyl (C=O) groups excluding carboxylic acids is 1. The average molecular weight is 247 g/mol. The van der Waals surface area contributed by atoms with Crippen molar-refractivity contribution in [3.05, 3.63) is 35.9 Å². The van der Waals surface area contributed by atoms with Crippen LogP contribution >= 0.6 is 0 Å². The first kappa shape index (κ1) is 12.6. The fourth-order valence-electron chi connectivity index (χ4n) is 2.42. The van der Waals surface area contributed by atoms with Gasteiger partial charge in [0.2, 0.25) is 5.91 Å². The minimum atomic E-state index is -0.902. The number of carboxylic acids is 1. The molecular weight excluding hydrogens is 230 g/mol. The van der Waals surface area contributed by atoms with Gasteiger partial charge < -0.3 is 10.0 Å². The second-order valence-electron chi connectivity index (χ2n) is 4.66. The molecule has 0 radical (unpaired) electrons. The highest BCUT2D eigenvalue weighted by molar-refractivity contribution is 5.88. The van der Waals surface area contributed by atoms with E-state index in [2.05, 4.69) is 0 Å². The number of amides is 1. The van der Waals surface area contributed by atoms with Crippen LogP contribution in [0.4, 0.5) is 0 Å². The van der Waals surface area contributed by atoms with Crippen molar-refractivity contribution in [1.82, 2.24) is 4.90 Å².